The van der Waals surface area contributed by atoms with Crippen LogP contribution in [0.3, 0.4) is 0 Å². The number of anilines is 1. The third kappa shape index (κ3) is 3.99. The van der Waals surface area contributed by atoms with E-state index in [0.717, 1.165) is 12.1 Å². The molecule has 4 aromatic rings. The molecule has 29 heavy (non-hydrogen) atoms. The van der Waals surface area contributed by atoms with Gasteiger partial charge >= 0.3 is 0 Å². The third-order valence-electron chi connectivity index (χ3n) is 4.05. The Hall–Kier alpha value is -3.59. The highest BCUT2D eigenvalue weighted by atomic mass is 32.2. The first-order chi connectivity index (χ1) is 13.9. The van der Waals surface area contributed by atoms with Crippen molar-refractivity contribution in [2.45, 2.75) is 4.90 Å². The van der Waals surface area contributed by atoms with E-state index in [1.807, 2.05) is 0 Å². The zero-order chi connectivity index (χ0) is 20.4. The highest BCUT2D eigenvalue weighted by molar-refractivity contribution is 7.92. The molecule has 0 amide bonds. The Labute approximate surface area is 164 Å². The standard InChI is InChI=1S/C20H13F2N3O3S/c21-14-7-11-16(12-8-14)29(26,27)25-15-9-5-13(6-10-15)19-23-20(28-24-19)17-3-1-2-4-18(17)22/h1-12,25H. The molecule has 0 radical (unpaired) electrons. The smallest absolute Gasteiger partial charge is 0.261 e. The second kappa shape index (κ2) is 7.44. The molecular weight excluding hydrogens is 400 g/mol. The summed E-state index contributed by atoms with van der Waals surface area (Å²) < 4.78 is 59.1. The Kier molecular flexibility index (Phi) is 4.81. The SMILES string of the molecule is O=S(=O)(Nc1ccc(-c2noc(-c3ccccc3F)n2)cc1)c1ccc(F)cc1. The van der Waals surface area contributed by atoms with Crippen molar-refractivity contribution < 1.29 is 21.7 Å². The van der Waals surface area contributed by atoms with Crippen LogP contribution in [0, 0.1) is 11.6 Å². The summed E-state index contributed by atoms with van der Waals surface area (Å²) in [7, 11) is -3.85. The molecule has 0 fully saturated rings. The van der Waals surface area contributed by atoms with Gasteiger partial charge in [-0.2, -0.15) is 4.98 Å². The van der Waals surface area contributed by atoms with Crippen molar-refractivity contribution in [3.8, 4) is 22.8 Å². The molecule has 1 aromatic heterocycles. The van der Waals surface area contributed by atoms with E-state index in [1.165, 1.54) is 36.4 Å². The average Bonchev–Trinajstić information content (AvgIpc) is 3.19. The van der Waals surface area contributed by atoms with Crippen LogP contribution in [-0.2, 0) is 10.0 Å². The van der Waals surface area contributed by atoms with Crippen molar-refractivity contribution in [3.63, 3.8) is 0 Å². The van der Waals surface area contributed by atoms with Crippen LogP contribution in [0.4, 0.5) is 14.5 Å². The Balaban J connectivity index is 1.54. The summed E-state index contributed by atoms with van der Waals surface area (Å²) in [5.74, 6) is -0.730. The molecule has 1 heterocycles. The highest BCUT2D eigenvalue weighted by Crippen LogP contribution is 2.25. The van der Waals surface area contributed by atoms with Crippen LogP contribution in [0.2, 0.25) is 0 Å². The quantitative estimate of drug-likeness (QED) is 0.521. The largest absolute Gasteiger partial charge is 0.334 e. The minimum Gasteiger partial charge on any atom is -0.334 e. The predicted molar refractivity (Wildman–Crippen MR) is 102 cm³/mol. The van der Waals surface area contributed by atoms with Gasteiger partial charge < -0.3 is 4.52 Å². The Morgan fingerprint density at radius 2 is 1.55 bits per heavy atom. The number of aromatic nitrogens is 2. The molecule has 0 unspecified atom stereocenters. The molecular formula is C20H13F2N3O3S. The summed E-state index contributed by atoms with van der Waals surface area (Å²) in [4.78, 5) is 4.12. The van der Waals surface area contributed by atoms with Crippen molar-refractivity contribution in [1.82, 2.24) is 10.1 Å². The average molecular weight is 413 g/mol. The van der Waals surface area contributed by atoms with Crippen LogP contribution in [0.5, 0.6) is 0 Å². The fourth-order valence-electron chi connectivity index (χ4n) is 2.60. The van der Waals surface area contributed by atoms with E-state index >= 15 is 0 Å². The first-order valence-electron chi connectivity index (χ1n) is 8.40. The van der Waals surface area contributed by atoms with E-state index in [0.29, 0.717) is 11.3 Å². The fourth-order valence-corrected chi connectivity index (χ4v) is 3.66. The van der Waals surface area contributed by atoms with Crippen molar-refractivity contribution >= 4 is 15.7 Å². The lowest BCUT2D eigenvalue weighted by atomic mass is 10.2. The molecule has 1 N–H and O–H groups in total. The first kappa shape index (κ1) is 18.8. The van der Waals surface area contributed by atoms with E-state index in [1.54, 1.807) is 24.3 Å². The molecule has 0 aliphatic carbocycles. The van der Waals surface area contributed by atoms with Gasteiger partial charge in [0, 0.05) is 11.3 Å². The van der Waals surface area contributed by atoms with Gasteiger partial charge in [0.25, 0.3) is 15.9 Å². The molecule has 0 bridgehead atoms. The van der Waals surface area contributed by atoms with E-state index in [2.05, 4.69) is 14.9 Å². The minimum absolute atomic E-state index is 0.0409. The van der Waals surface area contributed by atoms with Gasteiger partial charge in [0.2, 0.25) is 5.82 Å². The maximum atomic E-state index is 13.8. The number of hydrogen-bond donors (Lipinski definition) is 1. The van der Waals surface area contributed by atoms with Gasteiger partial charge in [-0.25, -0.2) is 17.2 Å². The van der Waals surface area contributed by atoms with Gasteiger partial charge in [-0.05, 0) is 60.7 Å². The van der Waals surface area contributed by atoms with Gasteiger partial charge in [0.1, 0.15) is 11.6 Å². The molecule has 0 saturated carbocycles. The summed E-state index contributed by atoms with van der Waals surface area (Å²) in [6.45, 7) is 0. The van der Waals surface area contributed by atoms with Crippen LogP contribution < -0.4 is 4.72 Å². The van der Waals surface area contributed by atoms with Gasteiger partial charge in [-0.1, -0.05) is 17.3 Å². The van der Waals surface area contributed by atoms with Crippen LogP contribution >= 0.6 is 0 Å². The summed E-state index contributed by atoms with van der Waals surface area (Å²) in [5, 5.41) is 3.84. The number of halogens is 2. The number of nitrogens with one attached hydrogen (secondary N) is 1. The summed E-state index contributed by atoms with van der Waals surface area (Å²) >= 11 is 0. The Bertz CT molecular complexity index is 1250. The molecule has 9 heteroatoms. The van der Waals surface area contributed by atoms with Crippen LogP contribution in [0.25, 0.3) is 22.8 Å². The van der Waals surface area contributed by atoms with Gasteiger partial charge in [-0.3, -0.25) is 4.72 Å². The van der Waals surface area contributed by atoms with Crippen molar-refractivity contribution in [2.24, 2.45) is 0 Å². The van der Waals surface area contributed by atoms with E-state index in [9.17, 15) is 17.2 Å². The summed E-state index contributed by atoms with van der Waals surface area (Å²) in [6.07, 6.45) is 0. The second-order valence-corrected chi connectivity index (χ2v) is 7.72. The number of nitrogens with zero attached hydrogens (tertiary/aromatic N) is 2. The number of rotatable bonds is 5. The van der Waals surface area contributed by atoms with Crippen molar-refractivity contribution in [2.75, 3.05) is 4.72 Å². The lowest BCUT2D eigenvalue weighted by molar-refractivity contribution is 0.429. The van der Waals surface area contributed by atoms with Gasteiger partial charge in [-0.15, -0.1) is 0 Å². The van der Waals surface area contributed by atoms with Crippen molar-refractivity contribution in [3.05, 3.63) is 84.4 Å². The zero-order valence-electron chi connectivity index (χ0n) is 14.7. The van der Waals surface area contributed by atoms with E-state index in [-0.39, 0.29) is 22.2 Å². The predicted octanol–water partition coefficient (Wildman–Crippen LogP) is 4.48. The lowest BCUT2D eigenvalue weighted by Gasteiger charge is -2.08. The Morgan fingerprint density at radius 3 is 2.24 bits per heavy atom. The molecule has 0 spiro atoms. The summed E-state index contributed by atoms with van der Waals surface area (Å²) in [6, 6.07) is 16.8. The fraction of sp³-hybridized carbons (Fsp3) is 0. The van der Waals surface area contributed by atoms with Crippen molar-refractivity contribution in [1.29, 1.82) is 0 Å². The monoisotopic (exact) mass is 413 g/mol. The normalized spacial score (nSPS) is 11.4. The molecule has 6 nitrogen and oxygen atoms in total. The van der Waals surface area contributed by atoms with E-state index < -0.39 is 21.7 Å². The number of benzene rings is 3. The summed E-state index contributed by atoms with van der Waals surface area (Å²) in [5.41, 5.74) is 1.05. The maximum absolute atomic E-state index is 13.8. The number of hydrogen-bond acceptors (Lipinski definition) is 5. The highest BCUT2D eigenvalue weighted by Gasteiger charge is 2.16. The molecule has 0 saturated heterocycles. The molecule has 0 aliphatic heterocycles. The lowest BCUT2D eigenvalue weighted by Crippen LogP contribution is -2.12. The van der Waals surface area contributed by atoms with Crippen LogP contribution in [0.1, 0.15) is 0 Å². The zero-order valence-corrected chi connectivity index (χ0v) is 15.5. The second-order valence-electron chi connectivity index (χ2n) is 6.04. The molecule has 146 valence electrons. The topological polar surface area (TPSA) is 85.1 Å². The van der Waals surface area contributed by atoms with E-state index in [4.69, 9.17) is 4.52 Å². The number of sulfonamides is 1. The maximum Gasteiger partial charge on any atom is 0.261 e. The van der Waals surface area contributed by atoms with Crippen LogP contribution in [0.15, 0.2) is 82.2 Å². The first-order valence-corrected chi connectivity index (χ1v) is 9.88. The van der Waals surface area contributed by atoms with Crippen LogP contribution in [-0.4, -0.2) is 18.6 Å². The minimum atomic E-state index is -3.85. The third-order valence-corrected chi connectivity index (χ3v) is 5.45. The molecule has 0 atom stereocenters. The van der Waals surface area contributed by atoms with Gasteiger partial charge in [0.05, 0.1) is 10.5 Å². The molecule has 4 rings (SSSR count). The van der Waals surface area contributed by atoms with Gasteiger partial charge in [0.15, 0.2) is 0 Å². The molecule has 0 aliphatic rings. The Morgan fingerprint density at radius 1 is 0.862 bits per heavy atom. The molecule has 3 aromatic carbocycles.